The van der Waals surface area contributed by atoms with Crippen LogP contribution in [0.25, 0.3) is 11.7 Å². The van der Waals surface area contributed by atoms with Gasteiger partial charge in [-0.2, -0.15) is 0 Å². The van der Waals surface area contributed by atoms with Crippen molar-refractivity contribution < 1.29 is 14.7 Å². The van der Waals surface area contributed by atoms with Gasteiger partial charge in [-0.1, -0.05) is 82.4 Å². The fourth-order valence-corrected chi connectivity index (χ4v) is 6.25. The normalized spacial score (nSPS) is 14.6. The summed E-state index contributed by atoms with van der Waals surface area (Å²) in [6.45, 7) is 8.27. The number of thioether (sulfide) groups is 1. The SMILES string of the molecule is CCCN(CCC)c1nc2c(C)cccn2c(=O)c1/C=C1/SC(=S)N(CCCCCCCCCCC(=O)O)C1=O. The summed E-state index contributed by atoms with van der Waals surface area (Å²) < 4.78 is 2.09. The lowest BCUT2D eigenvalue weighted by molar-refractivity contribution is -0.137. The molecule has 0 spiro atoms. The van der Waals surface area contributed by atoms with E-state index in [1.54, 1.807) is 21.6 Å². The maximum absolute atomic E-state index is 13.7. The molecule has 0 atom stereocenters. The van der Waals surface area contributed by atoms with Crippen LogP contribution in [-0.4, -0.2) is 55.2 Å². The second-order valence-corrected chi connectivity index (χ2v) is 12.0. The highest BCUT2D eigenvalue weighted by Gasteiger charge is 2.32. The molecule has 1 amide bonds. The van der Waals surface area contributed by atoms with Crippen LogP contribution in [0.1, 0.15) is 95.6 Å². The average Bonchev–Trinajstić information content (AvgIpc) is 3.18. The van der Waals surface area contributed by atoms with Gasteiger partial charge >= 0.3 is 5.97 Å². The molecule has 0 radical (unpaired) electrons. The number of carbonyl (C=O) groups is 2. The van der Waals surface area contributed by atoms with E-state index in [0.717, 1.165) is 82.9 Å². The molecule has 1 aliphatic heterocycles. The third kappa shape index (κ3) is 8.39. The van der Waals surface area contributed by atoms with E-state index in [4.69, 9.17) is 22.3 Å². The van der Waals surface area contributed by atoms with E-state index in [0.29, 0.717) is 32.8 Å². The molecule has 0 saturated carbocycles. The summed E-state index contributed by atoms with van der Waals surface area (Å²) >= 11 is 6.82. The molecule has 218 valence electrons. The molecular weight excluding hydrogens is 544 g/mol. The summed E-state index contributed by atoms with van der Waals surface area (Å²) in [5.41, 5.74) is 1.79. The number of pyridine rings is 1. The standard InChI is InChI=1S/C30H42N4O4S2/c1-4-17-32(18-5-2)27-23(28(37)33-20-14-15-22(3)26(33)31-27)21-24-29(38)34(30(39)40-24)19-13-11-9-7-6-8-10-12-16-25(35)36/h14-15,20-21H,4-13,16-19H2,1-3H3,(H,35,36)/b24-21+. The third-order valence-electron chi connectivity index (χ3n) is 7.02. The number of hydrogen-bond acceptors (Lipinski definition) is 7. The van der Waals surface area contributed by atoms with Crippen molar-refractivity contribution in [3.8, 4) is 0 Å². The molecule has 10 heteroatoms. The third-order valence-corrected chi connectivity index (χ3v) is 8.40. The highest BCUT2D eigenvalue weighted by Crippen LogP contribution is 2.34. The maximum Gasteiger partial charge on any atom is 0.303 e. The molecule has 1 N–H and O–H groups in total. The van der Waals surface area contributed by atoms with E-state index >= 15 is 0 Å². The van der Waals surface area contributed by atoms with Crippen LogP contribution in [0, 0.1) is 6.92 Å². The lowest BCUT2D eigenvalue weighted by Crippen LogP contribution is -2.31. The van der Waals surface area contributed by atoms with Gasteiger partial charge in [0.1, 0.15) is 15.8 Å². The predicted octanol–water partition coefficient (Wildman–Crippen LogP) is 6.43. The summed E-state index contributed by atoms with van der Waals surface area (Å²) in [5.74, 6) is -0.251. The van der Waals surface area contributed by atoms with Gasteiger partial charge in [0.05, 0.1) is 10.5 Å². The van der Waals surface area contributed by atoms with E-state index in [1.807, 2.05) is 19.1 Å². The van der Waals surface area contributed by atoms with Gasteiger partial charge in [0.15, 0.2) is 0 Å². The van der Waals surface area contributed by atoms with Gasteiger partial charge in [0.25, 0.3) is 11.5 Å². The molecule has 0 bridgehead atoms. The zero-order chi connectivity index (χ0) is 29.1. The van der Waals surface area contributed by atoms with Gasteiger partial charge in [-0.15, -0.1) is 0 Å². The van der Waals surface area contributed by atoms with E-state index in [9.17, 15) is 14.4 Å². The van der Waals surface area contributed by atoms with Gasteiger partial charge in [-0.05, 0) is 50.3 Å². The summed E-state index contributed by atoms with van der Waals surface area (Å²) in [4.78, 5) is 46.9. The number of thiocarbonyl (C=S) groups is 1. The summed E-state index contributed by atoms with van der Waals surface area (Å²) in [7, 11) is 0. The smallest absolute Gasteiger partial charge is 0.303 e. The Balaban J connectivity index is 1.70. The van der Waals surface area contributed by atoms with Gasteiger partial charge < -0.3 is 10.0 Å². The Bertz CT molecular complexity index is 1280. The quantitative estimate of drug-likeness (QED) is 0.129. The van der Waals surface area contributed by atoms with Crippen molar-refractivity contribution in [1.29, 1.82) is 0 Å². The van der Waals surface area contributed by atoms with Crippen molar-refractivity contribution in [2.45, 2.75) is 91.4 Å². The van der Waals surface area contributed by atoms with Gasteiger partial charge in [0, 0.05) is 32.3 Å². The minimum absolute atomic E-state index is 0.148. The number of aliphatic carboxylic acids is 1. The molecule has 3 rings (SSSR count). The molecule has 2 aromatic heterocycles. The second kappa shape index (κ2) is 15.9. The minimum Gasteiger partial charge on any atom is -0.481 e. The van der Waals surface area contributed by atoms with Gasteiger partial charge in [-0.25, -0.2) is 4.98 Å². The van der Waals surface area contributed by atoms with E-state index in [-0.39, 0.29) is 17.9 Å². The van der Waals surface area contributed by atoms with Crippen LogP contribution in [0.2, 0.25) is 0 Å². The second-order valence-electron chi connectivity index (χ2n) is 10.3. The predicted molar refractivity (Wildman–Crippen MR) is 168 cm³/mol. The van der Waals surface area contributed by atoms with Gasteiger partial charge in [-0.3, -0.25) is 23.7 Å². The molecule has 2 aromatic rings. The number of hydrogen-bond donors (Lipinski definition) is 1. The Labute approximate surface area is 246 Å². The number of carboxylic acid groups (broad SMARTS) is 1. The Morgan fingerprint density at radius 1 is 1.05 bits per heavy atom. The molecule has 1 aliphatic rings. The number of carbonyl (C=O) groups excluding carboxylic acids is 1. The maximum atomic E-state index is 13.7. The first-order chi connectivity index (χ1) is 19.3. The number of rotatable bonds is 17. The fourth-order valence-electron chi connectivity index (χ4n) is 4.96. The number of amides is 1. The molecule has 1 saturated heterocycles. The van der Waals surface area contributed by atoms with Crippen molar-refractivity contribution in [3.05, 3.63) is 44.7 Å². The van der Waals surface area contributed by atoms with E-state index in [2.05, 4.69) is 18.7 Å². The summed E-state index contributed by atoms with van der Waals surface area (Å²) in [5, 5.41) is 8.70. The fraction of sp³-hybridized carbons (Fsp3) is 0.567. The van der Waals surface area contributed by atoms with Crippen molar-refractivity contribution in [2.75, 3.05) is 24.5 Å². The lowest BCUT2D eigenvalue weighted by Gasteiger charge is -2.25. The Morgan fingerprint density at radius 3 is 2.30 bits per heavy atom. The highest BCUT2D eigenvalue weighted by atomic mass is 32.2. The molecule has 0 aliphatic carbocycles. The van der Waals surface area contributed by atoms with Gasteiger partial charge in [0.2, 0.25) is 0 Å². The number of aryl methyl sites for hydroxylation is 1. The molecule has 0 aromatic carbocycles. The lowest BCUT2D eigenvalue weighted by atomic mass is 10.1. The number of carboxylic acids is 1. The first-order valence-electron chi connectivity index (χ1n) is 14.5. The average molecular weight is 587 g/mol. The summed E-state index contributed by atoms with van der Waals surface area (Å²) in [6.07, 6.45) is 13.4. The van der Waals surface area contributed by atoms with Crippen molar-refractivity contribution in [1.82, 2.24) is 14.3 Å². The zero-order valence-electron chi connectivity index (χ0n) is 24.0. The van der Waals surface area contributed by atoms with E-state index < -0.39 is 5.97 Å². The van der Waals surface area contributed by atoms with Crippen LogP contribution < -0.4 is 10.5 Å². The first-order valence-corrected chi connectivity index (χ1v) is 15.7. The molecule has 3 heterocycles. The molecule has 8 nitrogen and oxygen atoms in total. The number of unbranched alkanes of at least 4 members (excludes halogenated alkanes) is 7. The number of anilines is 1. The summed E-state index contributed by atoms with van der Waals surface area (Å²) in [6, 6.07) is 3.78. The van der Waals surface area contributed by atoms with Crippen molar-refractivity contribution in [3.63, 3.8) is 0 Å². The molecule has 40 heavy (non-hydrogen) atoms. The van der Waals surface area contributed by atoms with Crippen LogP contribution in [0.4, 0.5) is 5.82 Å². The number of nitrogens with zero attached hydrogens (tertiary/aromatic N) is 4. The Hall–Kier alpha value is -2.72. The molecule has 0 unspecified atom stereocenters. The highest BCUT2D eigenvalue weighted by molar-refractivity contribution is 8.26. The van der Waals surface area contributed by atoms with Crippen molar-refractivity contribution >= 4 is 57.7 Å². The topological polar surface area (TPSA) is 95.2 Å². The molecular formula is C30H42N4O4S2. The molecule has 1 fully saturated rings. The van der Waals surface area contributed by atoms with Crippen molar-refractivity contribution in [2.24, 2.45) is 0 Å². The number of aromatic nitrogens is 2. The van der Waals surface area contributed by atoms with E-state index in [1.165, 1.54) is 11.8 Å². The largest absolute Gasteiger partial charge is 0.481 e. The first kappa shape index (κ1) is 31.8. The zero-order valence-corrected chi connectivity index (χ0v) is 25.6. The minimum atomic E-state index is -0.725. The number of fused-ring (bicyclic) bond motifs is 1. The monoisotopic (exact) mass is 586 g/mol. The van der Waals surface area contributed by atoms with Crippen LogP contribution in [0.5, 0.6) is 0 Å². The van der Waals surface area contributed by atoms with Crippen LogP contribution >= 0.6 is 24.0 Å². The van der Waals surface area contributed by atoms with Crippen LogP contribution in [0.3, 0.4) is 0 Å². The van der Waals surface area contributed by atoms with Crippen LogP contribution in [-0.2, 0) is 9.59 Å². The Morgan fingerprint density at radius 2 is 1.68 bits per heavy atom. The Kier molecular flexibility index (Phi) is 12.6. The van der Waals surface area contributed by atoms with Crippen LogP contribution in [0.15, 0.2) is 28.0 Å².